The molecule has 0 aliphatic carbocycles. The fraction of sp³-hybridized carbons (Fsp3) is 0.652. The average molecular weight is 439 g/mol. The van der Waals surface area contributed by atoms with E-state index < -0.39 is 14.1 Å². The van der Waals surface area contributed by atoms with E-state index in [4.69, 9.17) is 23.0 Å². The van der Waals surface area contributed by atoms with Crippen LogP contribution in [0.25, 0.3) is 0 Å². The Morgan fingerprint density at radius 3 is 2.23 bits per heavy atom. The summed E-state index contributed by atoms with van der Waals surface area (Å²) in [5.74, 6) is 1.24. The summed E-state index contributed by atoms with van der Waals surface area (Å²) >= 11 is 0. The van der Waals surface area contributed by atoms with Gasteiger partial charge in [0.05, 0.1) is 0 Å². The van der Waals surface area contributed by atoms with Crippen LogP contribution in [-0.4, -0.2) is 12.9 Å². The molecule has 0 amide bonds. The van der Waals surface area contributed by atoms with Gasteiger partial charge in [0.15, 0.2) is 0 Å². The molecular weight excluding hydrogens is 403 g/mol. The van der Waals surface area contributed by atoms with Gasteiger partial charge in [0, 0.05) is 6.42 Å². The number of aryl methyl sites for hydroxylation is 1. The molecule has 2 aliphatic rings. The first-order valence-corrected chi connectivity index (χ1v) is 12.9. The maximum Gasteiger partial charge on any atom is 0.590 e. The summed E-state index contributed by atoms with van der Waals surface area (Å²) in [5, 5.41) is 0. The van der Waals surface area contributed by atoms with Gasteiger partial charge in [0.2, 0.25) is 12.0 Å². The van der Waals surface area contributed by atoms with Crippen molar-refractivity contribution in [3.63, 3.8) is 0 Å². The normalized spacial score (nSPS) is 20.7. The summed E-state index contributed by atoms with van der Waals surface area (Å²) in [4.78, 5) is 0. The van der Waals surface area contributed by atoms with Gasteiger partial charge >= 0.3 is 13.8 Å². The number of fused-ring (bicyclic) bond motifs is 2. The van der Waals surface area contributed by atoms with Crippen molar-refractivity contribution in [2.45, 2.75) is 90.8 Å². The van der Waals surface area contributed by atoms with Crippen LogP contribution >= 0.6 is 7.82 Å². The minimum Gasteiger partial charge on any atom is -0.455 e. The molecule has 2 aliphatic heterocycles. The van der Waals surface area contributed by atoms with E-state index in [1.165, 1.54) is 50.5 Å². The quantitative estimate of drug-likeness (QED) is 0.163. The zero-order valence-electron chi connectivity index (χ0n) is 18.3. The van der Waals surface area contributed by atoms with Gasteiger partial charge in [-0.2, -0.15) is 0 Å². The van der Waals surface area contributed by atoms with Crippen LogP contribution in [0.5, 0.6) is 5.75 Å². The first kappa shape index (κ1) is 23.0. The number of phosphoric acid groups is 1. The lowest BCUT2D eigenvalue weighted by Gasteiger charge is -2.21. The van der Waals surface area contributed by atoms with Crippen LogP contribution in [0.4, 0.5) is 0 Å². The number of ether oxygens (including phenoxy) is 2. The number of phosphoric ester groups is 1. The van der Waals surface area contributed by atoms with E-state index in [1.807, 2.05) is 12.1 Å². The molecule has 2 atom stereocenters. The zero-order valence-corrected chi connectivity index (χ0v) is 19.2. The Morgan fingerprint density at radius 2 is 1.60 bits per heavy atom. The lowest BCUT2D eigenvalue weighted by molar-refractivity contribution is -0.0860. The summed E-state index contributed by atoms with van der Waals surface area (Å²) in [6, 6.07) is 8.21. The third-order valence-electron chi connectivity index (χ3n) is 5.29. The fourth-order valence-corrected chi connectivity index (χ4v) is 4.69. The lowest BCUT2D eigenvalue weighted by Crippen LogP contribution is -2.21. The SMILES string of the molecule is CCCCCCCC(OC1=C2COP(=O)(O2)O1)Oc1ccc(CCCCCC)cc1. The summed E-state index contributed by atoms with van der Waals surface area (Å²) in [6.45, 7) is 4.54. The molecule has 6 nitrogen and oxygen atoms in total. The molecule has 0 saturated carbocycles. The van der Waals surface area contributed by atoms with E-state index in [0.29, 0.717) is 12.2 Å². The first-order chi connectivity index (χ1) is 14.6. The van der Waals surface area contributed by atoms with Crippen molar-refractivity contribution < 1.29 is 27.6 Å². The molecule has 0 aromatic heterocycles. The Balaban J connectivity index is 1.54. The van der Waals surface area contributed by atoms with Gasteiger partial charge in [0.1, 0.15) is 12.4 Å². The Bertz CT molecular complexity index is 730. The van der Waals surface area contributed by atoms with Gasteiger partial charge in [-0.3, -0.25) is 4.52 Å². The van der Waals surface area contributed by atoms with Crippen LogP contribution in [0, 0.1) is 0 Å². The van der Waals surface area contributed by atoms with Gasteiger partial charge in [-0.1, -0.05) is 70.9 Å². The number of unbranched alkanes of at least 4 members (excludes halogenated alkanes) is 7. The molecule has 0 radical (unpaired) electrons. The molecule has 1 fully saturated rings. The fourth-order valence-electron chi connectivity index (χ4n) is 3.52. The van der Waals surface area contributed by atoms with Crippen molar-refractivity contribution in [2.24, 2.45) is 0 Å². The molecule has 0 N–H and O–H groups in total. The second kappa shape index (κ2) is 11.7. The highest BCUT2D eigenvalue weighted by atomic mass is 31.2. The van der Waals surface area contributed by atoms with E-state index in [9.17, 15) is 4.57 Å². The predicted octanol–water partition coefficient (Wildman–Crippen LogP) is 7.25. The average Bonchev–Trinajstić information content (AvgIpc) is 3.27. The lowest BCUT2D eigenvalue weighted by atomic mass is 10.1. The van der Waals surface area contributed by atoms with Crippen LogP contribution in [0.15, 0.2) is 36.0 Å². The Hall–Kier alpha value is -1.65. The van der Waals surface area contributed by atoms with Crippen molar-refractivity contribution in [3.8, 4) is 5.75 Å². The highest BCUT2D eigenvalue weighted by molar-refractivity contribution is 7.49. The van der Waals surface area contributed by atoms with E-state index in [0.717, 1.165) is 25.0 Å². The predicted molar refractivity (Wildman–Crippen MR) is 116 cm³/mol. The molecule has 2 bridgehead atoms. The molecule has 3 rings (SSSR count). The molecule has 2 unspecified atom stereocenters. The van der Waals surface area contributed by atoms with E-state index in [1.54, 1.807) is 0 Å². The van der Waals surface area contributed by atoms with Crippen molar-refractivity contribution in [1.82, 2.24) is 0 Å². The van der Waals surface area contributed by atoms with Gasteiger partial charge in [0.25, 0.3) is 0 Å². The molecule has 0 spiro atoms. The van der Waals surface area contributed by atoms with Crippen LogP contribution in [-0.2, 0) is 29.3 Å². The van der Waals surface area contributed by atoms with E-state index >= 15 is 0 Å². The summed E-state index contributed by atoms with van der Waals surface area (Å²) in [6.07, 6.45) is 12.1. The molecule has 2 heterocycles. The van der Waals surface area contributed by atoms with Gasteiger partial charge in [-0.25, -0.2) is 4.57 Å². The zero-order chi connectivity index (χ0) is 21.2. The van der Waals surface area contributed by atoms with Crippen LogP contribution in [0.2, 0.25) is 0 Å². The van der Waals surface area contributed by atoms with Crippen molar-refractivity contribution in [1.29, 1.82) is 0 Å². The second-order valence-electron chi connectivity index (χ2n) is 7.94. The Labute approximate surface area is 180 Å². The first-order valence-electron chi connectivity index (χ1n) is 11.4. The molecule has 30 heavy (non-hydrogen) atoms. The molecule has 7 heteroatoms. The molecule has 1 saturated heterocycles. The van der Waals surface area contributed by atoms with Gasteiger partial charge in [-0.05, 0) is 37.0 Å². The van der Waals surface area contributed by atoms with E-state index in [2.05, 4.69) is 26.0 Å². The number of benzene rings is 1. The Morgan fingerprint density at radius 1 is 0.900 bits per heavy atom. The standard InChI is InChI=1S/C23H35O6P/c1-3-5-7-9-11-13-22(27-23-21-18-25-30(24,28-21)29-23)26-20-16-14-19(15-17-20)12-10-8-6-4-2/h14-17,22H,3-13,18H2,1-2H3. The molecule has 1 aromatic carbocycles. The van der Waals surface area contributed by atoms with Gasteiger partial charge in [-0.15, -0.1) is 0 Å². The minimum atomic E-state index is -3.49. The number of rotatable bonds is 15. The number of hydrogen-bond acceptors (Lipinski definition) is 6. The summed E-state index contributed by atoms with van der Waals surface area (Å²) in [7, 11) is -3.49. The molecule has 168 valence electrons. The van der Waals surface area contributed by atoms with Crippen molar-refractivity contribution >= 4 is 7.82 Å². The minimum absolute atomic E-state index is 0.114. The topological polar surface area (TPSA) is 63.2 Å². The summed E-state index contributed by atoms with van der Waals surface area (Å²) in [5.41, 5.74) is 1.32. The largest absolute Gasteiger partial charge is 0.590 e. The van der Waals surface area contributed by atoms with Crippen molar-refractivity contribution in [3.05, 3.63) is 41.5 Å². The van der Waals surface area contributed by atoms with Crippen LogP contribution in [0.3, 0.4) is 0 Å². The van der Waals surface area contributed by atoms with Crippen LogP contribution < -0.4 is 4.74 Å². The molecular formula is C23H35O6P. The van der Waals surface area contributed by atoms with Crippen molar-refractivity contribution in [2.75, 3.05) is 6.61 Å². The third-order valence-corrected chi connectivity index (χ3v) is 6.57. The maximum absolute atomic E-state index is 12.0. The highest BCUT2D eigenvalue weighted by Crippen LogP contribution is 2.63. The van der Waals surface area contributed by atoms with Gasteiger partial charge < -0.3 is 18.5 Å². The van der Waals surface area contributed by atoms with Crippen LogP contribution in [0.1, 0.15) is 83.6 Å². The Kier molecular flexibility index (Phi) is 8.95. The number of hydrogen-bond donors (Lipinski definition) is 0. The smallest absolute Gasteiger partial charge is 0.455 e. The molecule has 1 aromatic rings. The maximum atomic E-state index is 12.0. The third kappa shape index (κ3) is 6.95. The highest BCUT2D eigenvalue weighted by Gasteiger charge is 2.49. The summed E-state index contributed by atoms with van der Waals surface area (Å²) < 4.78 is 39.4. The second-order valence-corrected chi connectivity index (χ2v) is 9.45. The monoisotopic (exact) mass is 438 g/mol. The van der Waals surface area contributed by atoms with E-state index in [-0.39, 0.29) is 12.6 Å².